The third-order valence-corrected chi connectivity index (χ3v) is 1.52. The van der Waals surface area contributed by atoms with E-state index >= 15 is 0 Å². The molecule has 0 saturated carbocycles. The lowest BCUT2D eigenvalue weighted by Gasteiger charge is -2.10. The van der Waals surface area contributed by atoms with Gasteiger partial charge in [0, 0.05) is 6.07 Å². The molecule has 7 heteroatoms. The highest BCUT2D eigenvalue weighted by atomic mass is 19.4. The molecule has 0 aliphatic rings. The zero-order chi connectivity index (χ0) is 10.9. The number of nitrogens with two attached hydrogens (primary N) is 1. The molecule has 0 saturated heterocycles. The number of nitrogen functional groups attached to an aromatic ring is 1. The largest absolute Gasteiger partial charge is 0.618 e. The number of pyridine rings is 1. The minimum atomic E-state index is -4.82. The Morgan fingerprint density at radius 3 is 2.43 bits per heavy atom. The second-order valence-electron chi connectivity index (χ2n) is 2.51. The Labute approximate surface area is 76.9 Å². The van der Waals surface area contributed by atoms with Gasteiger partial charge >= 0.3 is 11.9 Å². The fourth-order valence-electron chi connectivity index (χ4n) is 0.985. The molecule has 0 atom stereocenters. The van der Waals surface area contributed by atoms with Crippen molar-refractivity contribution in [3.8, 4) is 0 Å². The molecule has 0 unspecified atom stereocenters. The van der Waals surface area contributed by atoms with Gasteiger partial charge in [0.25, 0.3) is 0 Å². The molecule has 0 bridgehead atoms. The van der Waals surface area contributed by atoms with Gasteiger partial charge < -0.3 is 10.9 Å². The van der Waals surface area contributed by atoms with Gasteiger partial charge in [-0.2, -0.15) is 17.9 Å². The highest BCUT2D eigenvalue weighted by molar-refractivity contribution is 5.95. The van der Waals surface area contributed by atoms with Crippen LogP contribution in [0.3, 0.4) is 0 Å². The van der Waals surface area contributed by atoms with Gasteiger partial charge in [0.1, 0.15) is 5.84 Å². The molecule has 76 valence electrons. The van der Waals surface area contributed by atoms with Gasteiger partial charge in [0.15, 0.2) is 6.20 Å². The predicted octanol–water partition coefficient (Wildman–Crippen LogP) is 0.623. The van der Waals surface area contributed by atoms with Crippen LogP contribution in [0.25, 0.3) is 0 Å². The van der Waals surface area contributed by atoms with E-state index in [-0.39, 0.29) is 4.73 Å². The SMILES string of the molecule is N=C(N)c1ccc[n+]([O-])c1C(F)(F)F. The van der Waals surface area contributed by atoms with Crippen LogP contribution in [0.1, 0.15) is 11.3 Å². The Hall–Kier alpha value is -1.79. The van der Waals surface area contributed by atoms with Crippen LogP contribution in [-0.4, -0.2) is 5.84 Å². The van der Waals surface area contributed by atoms with Gasteiger partial charge in [-0.05, 0) is 6.07 Å². The molecule has 3 N–H and O–H groups in total. The molecule has 14 heavy (non-hydrogen) atoms. The van der Waals surface area contributed by atoms with E-state index in [0.717, 1.165) is 12.1 Å². The number of alkyl halides is 3. The molecule has 0 spiro atoms. The molecule has 0 fully saturated rings. The summed E-state index contributed by atoms with van der Waals surface area (Å²) in [5.74, 6) is -0.789. The van der Waals surface area contributed by atoms with Crippen molar-refractivity contribution in [2.75, 3.05) is 0 Å². The van der Waals surface area contributed by atoms with E-state index < -0.39 is 23.3 Å². The number of hydrogen-bond donors (Lipinski definition) is 2. The van der Waals surface area contributed by atoms with Gasteiger partial charge in [0.05, 0.1) is 5.56 Å². The van der Waals surface area contributed by atoms with E-state index in [9.17, 15) is 18.4 Å². The molecule has 0 radical (unpaired) electrons. The first-order chi connectivity index (χ1) is 6.34. The maximum Gasteiger partial charge on any atom is 0.479 e. The fraction of sp³-hybridized carbons (Fsp3) is 0.143. The second kappa shape index (κ2) is 3.17. The number of amidine groups is 1. The summed E-state index contributed by atoms with van der Waals surface area (Å²) in [6, 6.07) is 2.07. The Morgan fingerprint density at radius 2 is 2.07 bits per heavy atom. The zero-order valence-electron chi connectivity index (χ0n) is 6.80. The number of rotatable bonds is 1. The predicted molar refractivity (Wildman–Crippen MR) is 41.4 cm³/mol. The highest BCUT2D eigenvalue weighted by Crippen LogP contribution is 2.28. The molecule has 0 aromatic carbocycles. The van der Waals surface area contributed by atoms with Crippen molar-refractivity contribution in [3.05, 3.63) is 34.8 Å². The minimum absolute atomic E-state index is 0.350. The topological polar surface area (TPSA) is 76.8 Å². The van der Waals surface area contributed by atoms with Crippen LogP contribution in [0.4, 0.5) is 13.2 Å². The first kappa shape index (κ1) is 10.3. The molecular formula is C7H6F3N3O. The summed E-state index contributed by atoms with van der Waals surface area (Å²) in [6.07, 6.45) is -4.11. The fourth-order valence-corrected chi connectivity index (χ4v) is 0.985. The third-order valence-electron chi connectivity index (χ3n) is 1.52. The summed E-state index contributed by atoms with van der Waals surface area (Å²) in [4.78, 5) is 0. The molecular weight excluding hydrogens is 199 g/mol. The van der Waals surface area contributed by atoms with Gasteiger partial charge in [-0.3, -0.25) is 5.41 Å². The lowest BCUT2D eigenvalue weighted by atomic mass is 10.1. The molecule has 1 rings (SSSR count). The summed E-state index contributed by atoms with van der Waals surface area (Å²) in [6.45, 7) is 0. The Morgan fingerprint density at radius 1 is 1.50 bits per heavy atom. The summed E-state index contributed by atoms with van der Waals surface area (Å²) < 4.78 is 36.5. The number of aromatic nitrogens is 1. The van der Waals surface area contributed by atoms with Gasteiger partial charge in [0.2, 0.25) is 0 Å². The van der Waals surface area contributed by atoms with Gasteiger partial charge in [-0.1, -0.05) is 0 Å². The zero-order valence-corrected chi connectivity index (χ0v) is 6.80. The molecule has 1 aromatic heterocycles. The van der Waals surface area contributed by atoms with Crippen LogP contribution >= 0.6 is 0 Å². The van der Waals surface area contributed by atoms with Crippen LogP contribution in [-0.2, 0) is 6.18 Å². The molecule has 0 aliphatic carbocycles. The van der Waals surface area contributed by atoms with Crippen LogP contribution in [0.2, 0.25) is 0 Å². The number of nitrogens with one attached hydrogen (secondary N) is 1. The van der Waals surface area contributed by atoms with Crippen LogP contribution in [0.15, 0.2) is 18.3 Å². The normalized spacial score (nSPS) is 11.4. The van der Waals surface area contributed by atoms with Crippen molar-refractivity contribution >= 4 is 5.84 Å². The summed E-state index contributed by atoms with van der Waals surface area (Å²) in [7, 11) is 0. The summed E-state index contributed by atoms with van der Waals surface area (Å²) in [5.41, 5.74) is 2.83. The number of hydrogen-bond acceptors (Lipinski definition) is 2. The van der Waals surface area contributed by atoms with E-state index in [1.807, 2.05) is 0 Å². The van der Waals surface area contributed by atoms with E-state index in [1.165, 1.54) is 0 Å². The van der Waals surface area contributed by atoms with Gasteiger partial charge in [-0.25, -0.2) is 0 Å². The van der Waals surface area contributed by atoms with E-state index in [1.54, 1.807) is 0 Å². The molecule has 0 amide bonds. The van der Waals surface area contributed by atoms with Crippen molar-refractivity contribution in [2.45, 2.75) is 6.18 Å². The maximum atomic E-state index is 12.3. The van der Waals surface area contributed by atoms with E-state index in [2.05, 4.69) is 0 Å². The lowest BCUT2D eigenvalue weighted by Crippen LogP contribution is -2.39. The number of nitrogens with zero attached hydrogens (tertiary/aromatic N) is 1. The van der Waals surface area contributed by atoms with Gasteiger partial charge in [-0.15, -0.1) is 0 Å². The number of halogens is 3. The monoisotopic (exact) mass is 205 g/mol. The molecule has 1 aromatic rings. The first-order valence-corrected chi connectivity index (χ1v) is 3.48. The first-order valence-electron chi connectivity index (χ1n) is 3.48. The van der Waals surface area contributed by atoms with Crippen LogP contribution in [0.5, 0.6) is 0 Å². The summed E-state index contributed by atoms with van der Waals surface area (Å²) in [5, 5.41) is 17.7. The molecule has 1 heterocycles. The Bertz CT molecular complexity index is 375. The van der Waals surface area contributed by atoms with Crippen molar-refractivity contribution in [3.63, 3.8) is 0 Å². The van der Waals surface area contributed by atoms with E-state index in [4.69, 9.17) is 11.1 Å². The Balaban J connectivity index is 3.45. The van der Waals surface area contributed by atoms with Crippen molar-refractivity contribution < 1.29 is 17.9 Å². The average molecular weight is 205 g/mol. The summed E-state index contributed by atoms with van der Waals surface area (Å²) >= 11 is 0. The minimum Gasteiger partial charge on any atom is -0.618 e. The molecule has 4 nitrogen and oxygen atoms in total. The van der Waals surface area contributed by atoms with Crippen LogP contribution in [0, 0.1) is 10.6 Å². The van der Waals surface area contributed by atoms with Crippen LogP contribution < -0.4 is 10.5 Å². The van der Waals surface area contributed by atoms with Crippen molar-refractivity contribution in [1.29, 1.82) is 5.41 Å². The lowest BCUT2D eigenvalue weighted by molar-refractivity contribution is -0.629. The average Bonchev–Trinajstić information content (AvgIpc) is 2.01. The smallest absolute Gasteiger partial charge is 0.479 e. The quantitative estimate of drug-likeness (QED) is 0.305. The van der Waals surface area contributed by atoms with Crippen molar-refractivity contribution in [1.82, 2.24) is 0 Å². The second-order valence-corrected chi connectivity index (χ2v) is 2.51. The standard InChI is InChI=1S/C7H6F3N3O/c8-7(9,10)5-4(6(11)12)2-1-3-13(5)14/h1-3H,(H3,11,12). The Kier molecular flexibility index (Phi) is 2.33. The molecule has 0 aliphatic heterocycles. The van der Waals surface area contributed by atoms with Crippen molar-refractivity contribution in [2.24, 2.45) is 5.73 Å². The maximum absolute atomic E-state index is 12.3. The van der Waals surface area contributed by atoms with E-state index in [0.29, 0.717) is 6.20 Å². The highest BCUT2D eigenvalue weighted by Gasteiger charge is 2.43. The third kappa shape index (κ3) is 1.76.